The van der Waals surface area contributed by atoms with Gasteiger partial charge in [0.25, 0.3) is 5.56 Å². The molecule has 37 heavy (non-hydrogen) atoms. The number of halogens is 5. The Bertz CT molecular complexity index is 1370. The van der Waals surface area contributed by atoms with E-state index in [1.165, 1.54) is 12.1 Å². The summed E-state index contributed by atoms with van der Waals surface area (Å²) >= 11 is 0. The van der Waals surface area contributed by atoms with Crippen LogP contribution in [0.1, 0.15) is 42.8 Å². The number of benzene rings is 1. The van der Waals surface area contributed by atoms with E-state index in [1.54, 1.807) is 17.7 Å². The number of imidazole rings is 1. The smallest absolute Gasteiger partial charge is 0.364 e. The number of hydrogen-bond acceptors (Lipinski definition) is 4. The second-order valence-electron chi connectivity index (χ2n) is 10.4. The van der Waals surface area contributed by atoms with Gasteiger partial charge in [0.1, 0.15) is 17.0 Å². The van der Waals surface area contributed by atoms with Gasteiger partial charge >= 0.3 is 6.18 Å². The van der Waals surface area contributed by atoms with E-state index in [9.17, 15) is 26.7 Å². The fourth-order valence-electron chi connectivity index (χ4n) is 5.94. The normalized spacial score (nSPS) is 21.9. The molecule has 0 spiro atoms. The molecule has 2 atom stereocenters. The fraction of sp³-hybridized carbons (Fsp3) is 0.538. The van der Waals surface area contributed by atoms with Crippen molar-refractivity contribution in [2.45, 2.75) is 50.9 Å². The molecular weight excluding hydrogens is 493 g/mol. The van der Waals surface area contributed by atoms with Crippen molar-refractivity contribution in [1.29, 1.82) is 0 Å². The van der Waals surface area contributed by atoms with Gasteiger partial charge in [0.2, 0.25) is 5.92 Å². The zero-order valence-corrected chi connectivity index (χ0v) is 21.2. The lowest BCUT2D eigenvalue weighted by molar-refractivity contribution is -0.137. The van der Waals surface area contributed by atoms with Crippen molar-refractivity contribution in [2.75, 3.05) is 24.5 Å². The molecule has 5 rings (SSSR count). The number of nitrogens with zero attached hydrogens (tertiary/aromatic N) is 5. The summed E-state index contributed by atoms with van der Waals surface area (Å²) < 4.78 is 70.5. The number of piperazine rings is 1. The van der Waals surface area contributed by atoms with Crippen molar-refractivity contribution in [3.63, 3.8) is 0 Å². The van der Waals surface area contributed by atoms with Gasteiger partial charge in [-0.2, -0.15) is 13.2 Å². The maximum absolute atomic E-state index is 13.8. The van der Waals surface area contributed by atoms with Crippen molar-refractivity contribution >= 4 is 16.9 Å². The first-order valence-electron chi connectivity index (χ1n) is 12.4. The molecule has 2 aromatic heterocycles. The fourth-order valence-corrected chi connectivity index (χ4v) is 5.94. The Labute approximate surface area is 211 Å². The zero-order chi connectivity index (χ0) is 26.9. The first kappa shape index (κ1) is 25.7. The summed E-state index contributed by atoms with van der Waals surface area (Å²) in [5.74, 6) is -2.31. The lowest BCUT2D eigenvalue weighted by atomic mass is 9.73. The van der Waals surface area contributed by atoms with E-state index in [1.807, 2.05) is 25.5 Å². The predicted molar refractivity (Wildman–Crippen MR) is 131 cm³/mol. The molecule has 1 saturated carbocycles. The molecule has 1 aliphatic heterocycles. The Morgan fingerprint density at radius 1 is 1.05 bits per heavy atom. The van der Waals surface area contributed by atoms with Crippen LogP contribution in [0.3, 0.4) is 0 Å². The lowest BCUT2D eigenvalue weighted by Crippen LogP contribution is -2.56. The highest BCUT2D eigenvalue weighted by Crippen LogP contribution is 2.51. The van der Waals surface area contributed by atoms with E-state index in [0.29, 0.717) is 30.8 Å². The number of rotatable bonds is 4. The first-order valence-corrected chi connectivity index (χ1v) is 12.4. The van der Waals surface area contributed by atoms with Crippen LogP contribution in [0, 0.1) is 12.8 Å². The minimum atomic E-state index is -4.46. The van der Waals surface area contributed by atoms with Crippen molar-refractivity contribution in [2.24, 2.45) is 20.0 Å². The number of alkyl halides is 5. The van der Waals surface area contributed by atoms with E-state index in [-0.39, 0.29) is 30.4 Å². The second-order valence-corrected chi connectivity index (χ2v) is 10.4. The SMILES string of the molecule is Cc1nc2c(N3CCN(C(c4ccc(C(F)(F)F)cc4)C4CC(F)(F)C4)CC3C)cc(=O)n(C)c2n1C. The molecule has 0 amide bonds. The van der Waals surface area contributed by atoms with Gasteiger partial charge in [-0.25, -0.2) is 13.8 Å². The first-order chi connectivity index (χ1) is 17.3. The maximum atomic E-state index is 13.8. The summed E-state index contributed by atoms with van der Waals surface area (Å²) in [5, 5.41) is 0. The topological polar surface area (TPSA) is 46.3 Å². The Morgan fingerprint density at radius 3 is 2.27 bits per heavy atom. The van der Waals surface area contributed by atoms with Gasteiger partial charge in [0.05, 0.1) is 11.3 Å². The molecule has 1 aromatic carbocycles. The molecule has 3 aromatic rings. The molecule has 200 valence electrons. The Morgan fingerprint density at radius 2 is 1.70 bits per heavy atom. The van der Waals surface area contributed by atoms with Crippen LogP contribution in [0.2, 0.25) is 0 Å². The second kappa shape index (κ2) is 8.82. The third kappa shape index (κ3) is 4.51. The Balaban J connectivity index is 1.44. The van der Waals surface area contributed by atoms with Gasteiger partial charge in [-0.3, -0.25) is 14.3 Å². The van der Waals surface area contributed by atoms with E-state index >= 15 is 0 Å². The quantitative estimate of drug-likeness (QED) is 0.457. The molecular formula is C26H30F5N5O. The van der Waals surface area contributed by atoms with E-state index in [0.717, 1.165) is 29.2 Å². The third-order valence-electron chi connectivity index (χ3n) is 7.95. The summed E-state index contributed by atoms with van der Waals surface area (Å²) in [6.07, 6.45) is -5.02. The molecule has 6 nitrogen and oxygen atoms in total. The molecule has 2 unspecified atom stereocenters. The number of anilines is 1. The Kier molecular flexibility index (Phi) is 6.12. The van der Waals surface area contributed by atoms with Crippen LogP contribution in [0.25, 0.3) is 11.2 Å². The van der Waals surface area contributed by atoms with Crippen LogP contribution in [0.5, 0.6) is 0 Å². The number of pyridine rings is 1. The number of aromatic nitrogens is 3. The van der Waals surface area contributed by atoms with Crippen molar-refractivity contribution in [3.05, 3.63) is 57.6 Å². The summed E-state index contributed by atoms with van der Waals surface area (Å²) in [5.41, 5.74) is 1.88. The summed E-state index contributed by atoms with van der Waals surface area (Å²) in [4.78, 5) is 21.7. The van der Waals surface area contributed by atoms with Gasteiger partial charge in [0.15, 0.2) is 0 Å². The minimum absolute atomic E-state index is 0.0797. The van der Waals surface area contributed by atoms with Crippen LogP contribution < -0.4 is 10.5 Å². The number of hydrogen-bond donors (Lipinski definition) is 0. The molecule has 1 aliphatic carbocycles. The molecule has 11 heteroatoms. The Hall–Kier alpha value is -2.95. The number of fused-ring (bicyclic) bond motifs is 1. The molecule has 2 fully saturated rings. The van der Waals surface area contributed by atoms with Gasteiger partial charge in [-0.05, 0) is 37.5 Å². The predicted octanol–water partition coefficient (Wildman–Crippen LogP) is 4.90. The standard InChI is InChI=1S/C26H30F5N5O/c1-15-14-35(9-10-36(15)20-11-21(37)34(4)24-22(20)32-16(2)33(24)3)23(18-12-25(27,28)13-18)17-5-7-19(8-6-17)26(29,30)31/h5-8,11,15,18,23H,9-10,12-14H2,1-4H3. The zero-order valence-electron chi connectivity index (χ0n) is 21.2. The lowest BCUT2D eigenvalue weighted by Gasteiger charge is -2.49. The molecule has 0 radical (unpaired) electrons. The van der Waals surface area contributed by atoms with Crippen molar-refractivity contribution in [3.8, 4) is 0 Å². The maximum Gasteiger partial charge on any atom is 0.416 e. The largest absolute Gasteiger partial charge is 0.416 e. The highest BCUT2D eigenvalue weighted by Gasteiger charge is 2.50. The van der Waals surface area contributed by atoms with Gasteiger partial charge in [0, 0.05) is 64.7 Å². The molecule has 3 heterocycles. The van der Waals surface area contributed by atoms with Crippen molar-refractivity contribution in [1.82, 2.24) is 19.0 Å². The average molecular weight is 524 g/mol. The summed E-state index contributed by atoms with van der Waals surface area (Å²) in [6, 6.07) is 5.98. The van der Waals surface area contributed by atoms with Gasteiger partial charge in [-0.1, -0.05) is 12.1 Å². The summed E-state index contributed by atoms with van der Waals surface area (Å²) in [7, 11) is 3.57. The average Bonchev–Trinajstić information content (AvgIpc) is 3.10. The van der Waals surface area contributed by atoms with Gasteiger partial charge < -0.3 is 9.47 Å². The van der Waals surface area contributed by atoms with E-state index in [4.69, 9.17) is 4.98 Å². The van der Waals surface area contributed by atoms with Crippen LogP contribution in [-0.4, -0.2) is 50.6 Å². The third-order valence-corrected chi connectivity index (χ3v) is 7.95. The van der Waals surface area contributed by atoms with Crippen LogP contribution >= 0.6 is 0 Å². The highest BCUT2D eigenvalue weighted by molar-refractivity contribution is 5.87. The number of aryl methyl sites for hydroxylation is 3. The summed E-state index contributed by atoms with van der Waals surface area (Å²) in [6.45, 7) is 5.43. The molecule has 2 aliphatic rings. The molecule has 1 saturated heterocycles. The van der Waals surface area contributed by atoms with E-state index in [2.05, 4.69) is 9.80 Å². The van der Waals surface area contributed by atoms with E-state index < -0.39 is 23.7 Å². The van der Waals surface area contributed by atoms with Crippen molar-refractivity contribution < 1.29 is 22.0 Å². The minimum Gasteiger partial charge on any atom is -0.364 e. The molecule has 0 bridgehead atoms. The van der Waals surface area contributed by atoms with Crippen LogP contribution in [0.15, 0.2) is 35.1 Å². The van der Waals surface area contributed by atoms with Crippen LogP contribution in [-0.2, 0) is 20.3 Å². The van der Waals surface area contributed by atoms with Gasteiger partial charge in [-0.15, -0.1) is 0 Å². The highest BCUT2D eigenvalue weighted by atomic mass is 19.4. The van der Waals surface area contributed by atoms with Crippen LogP contribution in [0.4, 0.5) is 27.6 Å². The monoisotopic (exact) mass is 523 g/mol. The molecule has 0 N–H and O–H groups in total.